The molecule has 27 heavy (non-hydrogen) atoms. The van der Waals surface area contributed by atoms with Crippen molar-refractivity contribution >= 4 is 23.0 Å². The Bertz CT molecular complexity index is 641. The third kappa shape index (κ3) is 4.83. The van der Waals surface area contributed by atoms with Gasteiger partial charge in [0.15, 0.2) is 5.11 Å². The van der Waals surface area contributed by atoms with Gasteiger partial charge in [0.05, 0.1) is 0 Å². The molecular weight excluding hydrogens is 350 g/mol. The zero-order chi connectivity index (χ0) is 19.6. The molecule has 1 aromatic carbocycles. The first kappa shape index (κ1) is 20.6. The van der Waals surface area contributed by atoms with E-state index in [-0.39, 0.29) is 0 Å². The van der Waals surface area contributed by atoms with Crippen molar-refractivity contribution in [2.75, 3.05) is 25.5 Å². The number of likely N-dealkylation sites (tertiary alicyclic amines) is 1. The highest BCUT2D eigenvalue weighted by atomic mass is 32.1. The predicted octanol–water partition coefficient (Wildman–Crippen LogP) is 5.28. The molecule has 1 saturated heterocycles. The second-order valence-electron chi connectivity index (χ2n) is 8.92. The van der Waals surface area contributed by atoms with Crippen LogP contribution >= 0.6 is 12.2 Å². The van der Waals surface area contributed by atoms with Gasteiger partial charge in [0, 0.05) is 30.9 Å². The molecular formula is C23H37N3S. The first-order valence-electron chi connectivity index (χ1n) is 10.7. The van der Waals surface area contributed by atoms with Gasteiger partial charge in [-0.2, -0.15) is 0 Å². The molecule has 1 N–H and O–H groups in total. The molecule has 3 nitrogen and oxygen atoms in total. The van der Waals surface area contributed by atoms with Gasteiger partial charge in [-0.15, -0.1) is 0 Å². The lowest BCUT2D eigenvalue weighted by Crippen LogP contribution is -2.51. The molecule has 1 aliphatic heterocycles. The van der Waals surface area contributed by atoms with E-state index in [2.05, 4.69) is 62.0 Å². The van der Waals surface area contributed by atoms with Crippen LogP contribution in [0.25, 0.3) is 0 Å². The summed E-state index contributed by atoms with van der Waals surface area (Å²) in [4.78, 5) is 5.06. The summed E-state index contributed by atoms with van der Waals surface area (Å²) in [5.74, 6) is 0.844. The molecule has 150 valence electrons. The summed E-state index contributed by atoms with van der Waals surface area (Å²) in [6, 6.07) is 5.94. The van der Waals surface area contributed by atoms with Crippen molar-refractivity contribution in [1.29, 1.82) is 0 Å². The summed E-state index contributed by atoms with van der Waals surface area (Å²) in [5.41, 5.74) is 5.04. The van der Waals surface area contributed by atoms with Crippen LogP contribution in [0, 0.1) is 26.7 Å². The summed E-state index contributed by atoms with van der Waals surface area (Å²) in [6.45, 7) is 11.0. The van der Waals surface area contributed by atoms with Gasteiger partial charge in [-0.05, 0) is 82.8 Å². The Balaban J connectivity index is 1.55. The highest BCUT2D eigenvalue weighted by Gasteiger charge is 2.31. The average Bonchev–Trinajstić information content (AvgIpc) is 2.64. The van der Waals surface area contributed by atoms with Gasteiger partial charge in [0.2, 0.25) is 0 Å². The number of benzene rings is 1. The number of aryl methyl sites for hydroxylation is 3. The molecule has 4 heteroatoms. The Labute approximate surface area is 171 Å². The van der Waals surface area contributed by atoms with Crippen molar-refractivity contribution in [3.8, 4) is 0 Å². The zero-order valence-corrected chi connectivity index (χ0v) is 18.7. The smallest absolute Gasteiger partial charge is 0.173 e. The Morgan fingerprint density at radius 1 is 1.04 bits per heavy atom. The topological polar surface area (TPSA) is 18.5 Å². The highest BCUT2D eigenvalue weighted by Crippen LogP contribution is 2.31. The first-order valence-corrected chi connectivity index (χ1v) is 11.1. The molecule has 2 atom stereocenters. The predicted molar refractivity (Wildman–Crippen MR) is 121 cm³/mol. The Kier molecular flexibility index (Phi) is 6.80. The summed E-state index contributed by atoms with van der Waals surface area (Å²) in [6.07, 6.45) is 8.03. The first-order chi connectivity index (χ1) is 12.9. The van der Waals surface area contributed by atoms with E-state index in [1.54, 1.807) is 0 Å². The average molecular weight is 388 g/mol. The molecule has 0 aromatic heterocycles. The van der Waals surface area contributed by atoms with Crippen LogP contribution in [-0.2, 0) is 0 Å². The van der Waals surface area contributed by atoms with E-state index in [1.165, 1.54) is 60.9 Å². The molecule has 0 unspecified atom stereocenters. The van der Waals surface area contributed by atoms with Crippen LogP contribution in [-0.4, -0.2) is 47.1 Å². The molecule has 0 amide bonds. The summed E-state index contributed by atoms with van der Waals surface area (Å²) in [7, 11) is 2.36. The van der Waals surface area contributed by atoms with E-state index in [0.717, 1.165) is 30.2 Å². The van der Waals surface area contributed by atoms with Crippen LogP contribution in [0.3, 0.4) is 0 Å². The maximum atomic E-state index is 5.76. The Morgan fingerprint density at radius 3 is 2.22 bits per heavy atom. The third-order valence-corrected chi connectivity index (χ3v) is 7.19. The summed E-state index contributed by atoms with van der Waals surface area (Å²) in [5, 5.41) is 4.42. The lowest BCUT2D eigenvalue weighted by atomic mass is 9.84. The van der Waals surface area contributed by atoms with Crippen LogP contribution < -0.4 is 5.32 Å². The van der Waals surface area contributed by atoms with Crippen molar-refractivity contribution in [2.24, 2.45) is 5.92 Å². The summed E-state index contributed by atoms with van der Waals surface area (Å²) < 4.78 is 0. The normalized spacial score (nSPS) is 24.3. The molecule has 2 aliphatic rings. The molecule has 1 heterocycles. The molecule has 1 saturated carbocycles. The minimum absolute atomic E-state index is 0.706. The van der Waals surface area contributed by atoms with E-state index in [0.29, 0.717) is 6.04 Å². The lowest BCUT2D eigenvalue weighted by Gasteiger charge is -2.44. The molecule has 0 bridgehead atoms. The van der Waals surface area contributed by atoms with Gasteiger partial charge in [0.25, 0.3) is 0 Å². The number of piperidine rings is 1. The van der Waals surface area contributed by atoms with Gasteiger partial charge < -0.3 is 15.1 Å². The molecule has 1 aromatic rings. The quantitative estimate of drug-likeness (QED) is 0.711. The molecule has 1 aliphatic carbocycles. The van der Waals surface area contributed by atoms with Gasteiger partial charge in [-0.3, -0.25) is 0 Å². The van der Waals surface area contributed by atoms with Crippen molar-refractivity contribution in [2.45, 2.75) is 78.3 Å². The molecule has 2 fully saturated rings. The van der Waals surface area contributed by atoms with Gasteiger partial charge in [-0.1, -0.05) is 37.5 Å². The minimum atomic E-state index is 0.706. The van der Waals surface area contributed by atoms with Crippen LogP contribution in [0.15, 0.2) is 12.1 Å². The van der Waals surface area contributed by atoms with E-state index in [4.69, 9.17) is 12.2 Å². The number of hydrogen-bond acceptors (Lipinski definition) is 2. The Hall–Kier alpha value is -1.13. The Morgan fingerprint density at radius 2 is 1.63 bits per heavy atom. The van der Waals surface area contributed by atoms with Crippen molar-refractivity contribution in [3.05, 3.63) is 28.8 Å². The number of hydrogen-bond donors (Lipinski definition) is 1. The minimum Gasteiger partial charge on any atom is -0.349 e. The van der Waals surface area contributed by atoms with Crippen LogP contribution in [0.2, 0.25) is 0 Å². The second-order valence-corrected chi connectivity index (χ2v) is 9.30. The fourth-order valence-corrected chi connectivity index (χ4v) is 5.50. The van der Waals surface area contributed by atoms with Crippen LogP contribution in [0.4, 0.5) is 5.69 Å². The van der Waals surface area contributed by atoms with Gasteiger partial charge in [0.1, 0.15) is 0 Å². The van der Waals surface area contributed by atoms with E-state index < -0.39 is 0 Å². The number of rotatable bonds is 3. The lowest BCUT2D eigenvalue weighted by molar-refractivity contribution is 0.0691. The summed E-state index contributed by atoms with van der Waals surface area (Å²) >= 11 is 5.76. The van der Waals surface area contributed by atoms with Crippen molar-refractivity contribution in [1.82, 2.24) is 9.80 Å². The van der Waals surface area contributed by atoms with Crippen molar-refractivity contribution < 1.29 is 0 Å². The van der Waals surface area contributed by atoms with E-state index in [1.807, 2.05) is 0 Å². The van der Waals surface area contributed by atoms with Gasteiger partial charge in [-0.25, -0.2) is 0 Å². The number of nitrogens with zero attached hydrogens (tertiary/aromatic N) is 2. The van der Waals surface area contributed by atoms with Gasteiger partial charge >= 0.3 is 0 Å². The van der Waals surface area contributed by atoms with E-state index >= 15 is 0 Å². The second kappa shape index (κ2) is 8.91. The number of anilines is 1. The SMILES string of the molecule is Cc1cc(C)c(NC(=S)N2CCC(N(C)[C@H]3CCCC[C@@H]3C)CC2)c(C)c1. The van der Waals surface area contributed by atoms with E-state index in [9.17, 15) is 0 Å². The standard InChI is InChI=1S/C23H37N3S/c1-16-14-18(3)22(19(4)15-16)24-23(27)26-12-10-20(11-13-26)25(5)21-9-7-6-8-17(21)2/h14-15,17,20-21H,6-13H2,1-5H3,(H,24,27)/t17-,21-/m0/s1. The number of nitrogens with one attached hydrogen (secondary N) is 1. The fraction of sp³-hybridized carbons (Fsp3) is 0.696. The van der Waals surface area contributed by atoms with Crippen LogP contribution in [0.1, 0.15) is 62.1 Å². The zero-order valence-electron chi connectivity index (χ0n) is 17.8. The molecule has 0 radical (unpaired) electrons. The molecule has 3 rings (SSSR count). The van der Waals surface area contributed by atoms with Crippen LogP contribution in [0.5, 0.6) is 0 Å². The molecule has 0 spiro atoms. The highest BCUT2D eigenvalue weighted by molar-refractivity contribution is 7.80. The number of thiocarbonyl (C=S) groups is 1. The van der Waals surface area contributed by atoms with Crippen molar-refractivity contribution in [3.63, 3.8) is 0 Å². The fourth-order valence-electron chi connectivity index (χ4n) is 5.21. The maximum Gasteiger partial charge on any atom is 0.173 e. The maximum absolute atomic E-state index is 5.76. The largest absolute Gasteiger partial charge is 0.349 e. The monoisotopic (exact) mass is 387 g/mol. The third-order valence-electron chi connectivity index (χ3n) is 6.83.